The molecular weight excluding hydrogens is 176 g/mol. The standard InChI is InChI=1S/C12H16O2/c1-9-3-4-10(2)12(5-9)14-8-11-6-13-7-11/h3-5,11H,6-8H2,1-2H3. The minimum Gasteiger partial charge on any atom is -0.493 e. The normalized spacial score (nSPS) is 16.4. The number of rotatable bonds is 3. The van der Waals surface area contributed by atoms with Crippen molar-refractivity contribution in [1.29, 1.82) is 0 Å². The highest BCUT2D eigenvalue weighted by Gasteiger charge is 2.19. The topological polar surface area (TPSA) is 18.5 Å². The molecule has 0 bridgehead atoms. The lowest BCUT2D eigenvalue weighted by atomic mass is 10.1. The van der Waals surface area contributed by atoms with Crippen LogP contribution in [0.2, 0.25) is 0 Å². The van der Waals surface area contributed by atoms with Crippen LogP contribution in [0.1, 0.15) is 11.1 Å². The molecule has 0 unspecified atom stereocenters. The van der Waals surface area contributed by atoms with E-state index in [9.17, 15) is 0 Å². The van der Waals surface area contributed by atoms with E-state index >= 15 is 0 Å². The highest BCUT2D eigenvalue weighted by molar-refractivity contribution is 5.35. The molecule has 1 aromatic rings. The van der Waals surface area contributed by atoms with Gasteiger partial charge >= 0.3 is 0 Å². The Hall–Kier alpha value is -1.02. The molecule has 0 atom stereocenters. The minimum absolute atomic E-state index is 0.593. The van der Waals surface area contributed by atoms with Crippen molar-refractivity contribution < 1.29 is 9.47 Å². The first kappa shape index (κ1) is 9.53. The Balaban J connectivity index is 1.96. The zero-order valence-electron chi connectivity index (χ0n) is 8.75. The summed E-state index contributed by atoms with van der Waals surface area (Å²) < 4.78 is 10.8. The molecule has 1 aliphatic heterocycles. The van der Waals surface area contributed by atoms with Crippen LogP contribution in [0.5, 0.6) is 5.75 Å². The highest BCUT2D eigenvalue weighted by atomic mass is 16.5. The summed E-state index contributed by atoms with van der Waals surface area (Å²) in [6, 6.07) is 6.30. The third-order valence-electron chi connectivity index (χ3n) is 2.53. The lowest BCUT2D eigenvalue weighted by Crippen LogP contribution is -2.32. The van der Waals surface area contributed by atoms with Gasteiger partial charge in [-0.1, -0.05) is 12.1 Å². The van der Waals surface area contributed by atoms with E-state index in [1.54, 1.807) is 0 Å². The molecule has 0 N–H and O–H groups in total. The summed E-state index contributed by atoms with van der Waals surface area (Å²) in [4.78, 5) is 0. The van der Waals surface area contributed by atoms with E-state index in [1.165, 1.54) is 11.1 Å². The van der Waals surface area contributed by atoms with E-state index < -0.39 is 0 Å². The molecule has 1 fully saturated rings. The average Bonchev–Trinajstić information content (AvgIpc) is 2.08. The Morgan fingerprint density at radius 1 is 1.36 bits per heavy atom. The van der Waals surface area contributed by atoms with Crippen LogP contribution >= 0.6 is 0 Å². The molecule has 2 rings (SSSR count). The predicted molar refractivity (Wildman–Crippen MR) is 55.7 cm³/mol. The van der Waals surface area contributed by atoms with E-state index in [0.29, 0.717) is 5.92 Å². The lowest BCUT2D eigenvalue weighted by Gasteiger charge is -2.26. The van der Waals surface area contributed by atoms with Crippen molar-refractivity contribution in [2.45, 2.75) is 13.8 Å². The molecule has 0 radical (unpaired) electrons. The van der Waals surface area contributed by atoms with Gasteiger partial charge in [0, 0.05) is 5.92 Å². The zero-order valence-corrected chi connectivity index (χ0v) is 8.75. The van der Waals surface area contributed by atoms with Crippen LogP contribution in [0.3, 0.4) is 0 Å². The number of hydrogen-bond donors (Lipinski definition) is 0. The molecule has 1 saturated heterocycles. The summed E-state index contributed by atoms with van der Waals surface area (Å²) in [7, 11) is 0. The van der Waals surface area contributed by atoms with Crippen LogP contribution in [-0.4, -0.2) is 19.8 Å². The Morgan fingerprint density at radius 3 is 2.79 bits per heavy atom. The molecule has 14 heavy (non-hydrogen) atoms. The SMILES string of the molecule is Cc1ccc(C)c(OCC2COC2)c1. The molecule has 1 aliphatic rings. The second-order valence-corrected chi connectivity index (χ2v) is 3.98. The van der Waals surface area contributed by atoms with Crippen molar-refractivity contribution in [3.8, 4) is 5.75 Å². The first-order valence-corrected chi connectivity index (χ1v) is 5.03. The summed E-state index contributed by atoms with van der Waals surface area (Å²) in [5, 5.41) is 0. The number of hydrogen-bond acceptors (Lipinski definition) is 2. The smallest absolute Gasteiger partial charge is 0.122 e. The Bertz CT molecular complexity index is 316. The number of benzene rings is 1. The number of ether oxygens (including phenoxy) is 2. The molecule has 0 saturated carbocycles. The molecule has 1 aromatic carbocycles. The molecule has 1 heterocycles. The summed E-state index contributed by atoms with van der Waals surface area (Å²) in [5.74, 6) is 1.60. The summed E-state index contributed by atoms with van der Waals surface area (Å²) >= 11 is 0. The fraction of sp³-hybridized carbons (Fsp3) is 0.500. The van der Waals surface area contributed by atoms with Crippen molar-refractivity contribution in [2.24, 2.45) is 5.92 Å². The molecule has 2 heteroatoms. The third kappa shape index (κ3) is 2.07. The van der Waals surface area contributed by atoms with Gasteiger partial charge in [-0.25, -0.2) is 0 Å². The first-order chi connectivity index (χ1) is 6.75. The molecule has 2 nitrogen and oxygen atoms in total. The maximum absolute atomic E-state index is 5.74. The van der Waals surface area contributed by atoms with Gasteiger partial charge < -0.3 is 9.47 Å². The van der Waals surface area contributed by atoms with E-state index in [0.717, 1.165) is 25.6 Å². The largest absolute Gasteiger partial charge is 0.493 e. The zero-order chi connectivity index (χ0) is 9.97. The third-order valence-corrected chi connectivity index (χ3v) is 2.53. The molecule has 0 aromatic heterocycles. The van der Waals surface area contributed by atoms with Crippen molar-refractivity contribution in [1.82, 2.24) is 0 Å². The monoisotopic (exact) mass is 192 g/mol. The van der Waals surface area contributed by atoms with Crippen molar-refractivity contribution >= 4 is 0 Å². The second kappa shape index (κ2) is 4.01. The van der Waals surface area contributed by atoms with Crippen molar-refractivity contribution in [3.05, 3.63) is 29.3 Å². The van der Waals surface area contributed by atoms with Gasteiger partial charge in [0.15, 0.2) is 0 Å². The fourth-order valence-electron chi connectivity index (χ4n) is 1.45. The summed E-state index contributed by atoms with van der Waals surface area (Å²) in [5.41, 5.74) is 2.45. The Kier molecular flexibility index (Phi) is 2.73. The van der Waals surface area contributed by atoms with Crippen molar-refractivity contribution in [3.63, 3.8) is 0 Å². The van der Waals surface area contributed by atoms with Gasteiger partial charge in [-0.3, -0.25) is 0 Å². The second-order valence-electron chi connectivity index (χ2n) is 3.98. The molecular formula is C12H16O2. The predicted octanol–water partition coefficient (Wildman–Crippen LogP) is 2.33. The van der Waals surface area contributed by atoms with Crippen LogP contribution in [0.25, 0.3) is 0 Å². The Morgan fingerprint density at radius 2 is 2.14 bits per heavy atom. The number of aryl methyl sites for hydroxylation is 2. The van der Waals surface area contributed by atoms with Gasteiger partial charge in [0.1, 0.15) is 5.75 Å². The van der Waals surface area contributed by atoms with Gasteiger partial charge in [0.25, 0.3) is 0 Å². The molecule has 0 amide bonds. The summed E-state index contributed by atoms with van der Waals surface area (Å²) in [6.45, 7) is 6.64. The quantitative estimate of drug-likeness (QED) is 0.731. The Labute approximate surface area is 84.8 Å². The van der Waals surface area contributed by atoms with Crippen LogP contribution in [0.4, 0.5) is 0 Å². The fourth-order valence-corrected chi connectivity index (χ4v) is 1.45. The van der Waals surface area contributed by atoms with Crippen molar-refractivity contribution in [2.75, 3.05) is 19.8 Å². The van der Waals surface area contributed by atoms with Crippen LogP contribution in [-0.2, 0) is 4.74 Å². The highest BCUT2D eigenvalue weighted by Crippen LogP contribution is 2.21. The molecule has 76 valence electrons. The average molecular weight is 192 g/mol. The van der Waals surface area contributed by atoms with Gasteiger partial charge in [0.2, 0.25) is 0 Å². The van der Waals surface area contributed by atoms with Gasteiger partial charge in [0.05, 0.1) is 19.8 Å². The van der Waals surface area contributed by atoms with Crippen LogP contribution < -0.4 is 4.74 Å². The van der Waals surface area contributed by atoms with Crippen LogP contribution in [0.15, 0.2) is 18.2 Å². The maximum atomic E-state index is 5.74. The van der Waals surface area contributed by atoms with E-state index in [1.807, 2.05) is 0 Å². The first-order valence-electron chi connectivity index (χ1n) is 5.03. The summed E-state index contributed by atoms with van der Waals surface area (Å²) in [6.07, 6.45) is 0. The van der Waals surface area contributed by atoms with Gasteiger partial charge in [-0.15, -0.1) is 0 Å². The molecule has 0 aliphatic carbocycles. The van der Waals surface area contributed by atoms with Crippen LogP contribution in [0, 0.1) is 19.8 Å². The van der Waals surface area contributed by atoms with E-state index in [2.05, 4.69) is 32.0 Å². The minimum atomic E-state index is 0.593. The van der Waals surface area contributed by atoms with Gasteiger partial charge in [-0.05, 0) is 31.0 Å². The maximum Gasteiger partial charge on any atom is 0.122 e. The van der Waals surface area contributed by atoms with Gasteiger partial charge in [-0.2, -0.15) is 0 Å². The molecule has 0 spiro atoms. The van der Waals surface area contributed by atoms with E-state index in [-0.39, 0.29) is 0 Å². The lowest BCUT2D eigenvalue weighted by molar-refractivity contribution is -0.0509. The van der Waals surface area contributed by atoms with E-state index in [4.69, 9.17) is 9.47 Å².